The number of unbranched alkanes of at least 4 members (excludes halogenated alkanes) is 1. The lowest BCUT2D eigenvalue weighted by Gasteiger charge is -2.20. The first-order chi connectivity index (χ1) is 24.0. The average Bonchev–Trinajstić information content (AvgIpc) is 3.51. The van der Waals surface area contributed by atoms with E-state index in [1.807, 2.05) is 54.1 Å². The number of hydrogen-bond donors (Lipinski definition) is 7. The Morgan fingerprint density at radius 1 is 0.800 bits per heavy atom. The van der Waals surface area contributed by atoms with Gasteiger partial charge in [0, 0.05) is 32.4 Å². The van der Waals surface area contributed by atoms with Gasteiger partial charge in [0.15, 0.2) is 0 Å². The molecule has 3 unspecified atom stereocenters. The minimum absolute atomic E-state index is 0.0184. The van der Waals surface area contributed by atoms with Gasteiger partial charge in [-0.05, 0) is 61.3 Å². The highest BCUT2D eigenvalue weighted by Gasteiger charge is 2.25. The summed E-state index contributed by atoms with van der Waals surface area (Å²) >= 11 is 0. The largest absolute Gasteiger partial charge is 0.481 e. The third-order valence-corrected chi connectivity index (χ3v) is 7.95. The second kappa shape index (κ2) is 20.1. The van der Waals surface area contributed by atoms with Gasteiger partial charge in [0.2, 0.25) is 11.8 Å². The number of hydrogen-bond acceptors (Lipinski definition) is 8. The fourth-order valence-electron chi connectivity index (χ4n) is 5.33. The topological polar surface area (TPSA) is 242 Å². The second-order valence-electron chi connectivity index (χ2n) is 11.9. The summed E-state index contributed by atoms with van der Waals surface area (Å²) in [5, 5.41) is 47.6. The lowest BCUT2D eigenvalue weighted by Crippen LogP contribution is -2.51. The maximum absolute atomic E-state index is 13.3. The number of carboxylic acid groups (broad SMARTS) is 3. The van der Waals surface area contributed by atoms with E-state index in [2.05, 4.69) is 31.6 Å². The molecule has 0 spiro atoms. The van der Waals surface area contributed by atoms with Crippen molar-refractivity contribution in [2.45, 2.75) is 95.8 Å². The molecular formula is C34H45N7O9. The molecule has 0 bridgehead atoms. The summed E-state index contributed by atoms with van der Waals surface area (Å²) in [5.74, 6) is -4.71. The monoisotopic (exact) mass is 695 g/mol. The number of carboxylic acids is 3. The smallest absolute Gasteiger partial charge is 0.326 e. The van der Waals surface area contributed by atoms with E-state index in [0.717, 1.165) is 35.0 Å². The molecule has 0 radical (unpaired) electrons. The molecule has 3 aromatic rings. The Morgan fingerprint density at radius 3 is 2.18 bits per heavy atom. The van der Waals surface area contributed by atoms with E-state index in [9.17, 15) is 39.0 Å². The Bertz CT molecular complexity index is 1630. The highest BCUT2D eigenvalue weighted by Crippen LogP contribution is 2.17. The van der Waals surface area contributed by atoms with E-state index < -0.39 is 54.4 Å². The van der Waals surface area contributed by atoms with Gasteiger partial charge in [0.1, 0.15) is 18.1 Å². The number of fused-ring (bicyclic) bond motifs is 1. The summed E-state index contributed by atoms with van der Waals surface area (Å²) in [6.07, 6.45) is 3.94. The first-order valence-corrected chi connectivity index (χ1v) is 16.6. The summed E-state index contributed by atoms with van der Waals surface area (Å²) < 4.78 is 1.82. The first-order valence-electron chi connectivity index (χ1n) is 16.6. The van der Waals surface area contributed by atoms with Gasteiger partial charge in [-0.3, -0.25) is 14.4 Å². The standard InChI is InChI=1S/C34H45N7O9/c1-2-18-41-25(21-36-40-41)10-7-12-29(42)37-28(20-22-13-14-23-8-3-4-9-24(23)19-22)31(45)35-17-6-5-11-26(32(46)47)38-34(50)39-27(33(48)49)15-16-30(43)44/h3-4,8-9,13-14,19,21,26-28H,2,5-7,10-12,15-18,20H2,1H3,(H,35,45)(H,37,42)(H,43,44)(H,46,47)(H,48,49)(H2,38,39,50). The van der Waals surface area contributed by atoms with E-state index in [1.54, 1.807) is 6.20 Å². The van der Waals surface area contributed by atoms with E-state index >= 15 is 0 Å². The minimum Gasteiger partial charge on any atom is -0.481 e. The van der Waals surface area contributed by atoms with Crippen molar-refractivity contribution in [1.82, 2.24) is 36.3 Å². The van der Waals surface area contributed by atoms with Crippen LogP contribution in [0.5, 0.6) is 0 Å². The summed E-state index contributed by atoms with van der Waals surface area (Å²) in [4.78, 5) is 72.4. The van der Waals surface area contributed by atoms with Gasteiger partial charge >= 0.3 is 23.9 Å². The Balaban J connectivity index is 1.53. The lowest BCUT2D eigenvalue weighted by molar-refractivity contribution is -0.141. The van der Waals surface area contributed by atoms with Crippen LogP contribution in [0.25, 0.3) is 10.8 Å². The molecule has 0 aliphatic carbocycles. The second-order valence-corrected chi connectivity index (χ2v) is 11.9. The maximum Gasteiger partial charge on any atom is 0.326 e. The van der Waals surface area contributed by atoms with Crippen LogP contribution in [0.15, 0.2) is 48.7 Å². The predicted molar refractivity (Wildman–Crippen MR) is 181 cm³/mol. The highest BCUT2D eigenvalue weighted by atomic mass is 16.4. The maximum atomic E-state index is 13.3. The molecule has 270 valence electrons. The number of aryl methyl sites for hydroxylation is 2. The van der Waals surface area contributed by atoms with Crippen molar-refractivity contribution < 1.29 is 44.1 Å². The summed E-state index contributed by atoms with van der Waals surface area (Å²) in [7, 11) is 0. The average molecular weight is 696 g/mol. The van der Waals surface area contributed by atoms with Gasteiger partial charge in [0.25, 0.3) is 0 Å². The fourth-order valence-corrected chi connectivity index (χ4v) is 5.33. The molecule has 16 nitrogen and oxygen atoms in total. The number of amides is 4. The predicted octanol–water partition coefficient (Wildman–Crippen LogP) is 2.25. The molecule has 7 N–H and O–H groups in total. The number of urea groups is 1. The normalized spacial score (nSPS) is 12.7. The fraction of sp³-hybridized carbons (Fsp3) is 0.471. The van der Waals surface area contributed by atoms with Crippen LogP contribution in [-0.2, 0) is 43.4 Å². The Morgan fingerprint density at radius 2 is 1.50 bits per heavy atom. The molecule has 3 atom stereocenters. The van der Waals surface area contributed by atoms with Crippen molar-refractivity contribution >= 4 is 46.5 Å². The van der Waals surface area contributed by atoms with Crippen LogP contribution in [0.4, 0.5) is 4.79 Å². The van der Waals surface area contributed by atoms with Gasteiger partial charge < -0.3 is 36.6 Å². The molecule has 50 heavy (non-hydrogen) atoms. The van der Waals surface area contributed by atoms with Crippen LogP contribution in [0, 0.1) is 0 Å². The molecular weight excluding hydrogens is 650 g/mol. The Kier molecular flexibility index (Phi) is 15.6. The highest BCUT2D eigenvalue weighted by molar-refractivity contribution is 5.89. The summed E-state index contributed by atoms with van der Waals surface area (Å²) in [5.41, 5.74) is 1.80. The van der Waals surface area contributed by atoms with Gasteiger partial charge in [-0.25, -0.2) is 19.1 Å². The van der Waals surface area contributed by atoms with Crippen LogP contribution in [0.1, 0.15) is 69.5 Å². The van der Waals surface area contributed by atoms with Gasteiger partial charge in [-0.2, -0.15) is 0 Å². The number of carbonyl (C=O) groups excluding carboxylic acids is 3. The number of nitrogens with one attached hydrogen (secondary N) is 4. The number of aliphatic carboxylic acids is 3. The number of aromatic nitrogens is 3. The van der Waals surface area contributed by atoms with Crippen molar-refractivity contribution in [3.05, 3.63) is 59.9 Å². The van der Waals surface area contributed by atoms with Crippen LogP contribution < -0.4 is 21.3 Å². The van der Waals surface area contributed by atoms with E-state index in [-0.39, 0.29) is 44.6 Å². The van der Waals surface area contributed by atoms with Crippen molar-refractivity contribution in [2.24, 2.45) is 0 Å². The zero-order valence-corrected chi connectivity index (χ0v) is 28.0. The van der Waals surface area contributed by atoms with E-state index in [0.29, 0.717) is 19.3 Å². The summed E-state index contributed by atoms with van der Waals surface area (Å²) in [6.45, 7) is 2.95. The molecule has 0 fully saturated rings. The molecule has 4 amide bonds. The van der Waals surface area contributed by atoms with E-state index in [1.165, 1.54) is 0 Å². The van der Waals surface area contributed by atoms with Crippen molar-refractivity contribution in [3.63, 3.8) is 0 Å². The first kappa shape index (κ1) is 38.9. The third kappa shape index (κ3) is 13.2. The number of rotatable bonds is 22. The molecule has 0 aliphatic heterocycles. The molecule has 0 aliphatic rings. The van der Waals surface area contributed by atoms with Gasteiger partial charge in [-0.1, -0.05) is 54.6 Å². The van der Waals surface area contributed by atoms with Crippen LogP contribution in [-0.4, -0.2) is 90.7 Å². The molecule has 1 heterocycles. The molecule has 1 aromatic heterocycles. The molecule has 16 heteroatoms. The molecule has 2 aromatic carbocycles. The van der Waals surface area contributed by atoms with E-state index in [4.69, 9.17) is 5.11 Å². The number of benzene rings is 2. The molecule has 3 rings (SSSR count). The zero-order valence-electron chi connectivity index (χ0n) is 28.0. The Labute approximate surface area is 289 Å². The molecule has 0 saturated heterocycles. The molecule has 0 saturated carbocycles. The minimum atomic E-state index is -1.51. The number of nitrogens with zero attached hydrogens (tertiary/aromatic N) is 3. The van der Waals surface area contributed by atoms with Crippen LogP contribution in [0.2, 0.25) is 0 Å². The lowest BCUT2D eigenvalue weighted by atomic mass is 10.0. The zero-order chi connectivity index (χ0) is 36.5. The van der Waals surface area contributed by atoms with Crippen molar-refractivity contribution in [1.29, 1.82) is 0 Å². The van der Waals surface area contributed by atoms with Crippen molar-refractivity contribution in [3.8, 4) is 0 Å². The van der Waals surface area contributed by atoms with Gasteiger partial charge in [-0.15, -0.1) is 5.10 Å². The number of carbonyl (C=O) groups is 6. The Hall–Kier alpha value is -5.54. The third-order valence-electron chi connectivity index (χ3n) is 7.95. The summed E-state index contributed by atoms with van der Waals surface area (Å²) in [6, 6.07) is 8.88. The SMILES string of the molecule is CCCn1nncc1CCCC(=O)NC(Cc1ccc2ccccc2c1)C(=O)NCCCCC(NC(=O)NC(CCC(=O)O)C(=O)O)C(=O)O. The van der Waals surface area contributed by atoms with Crippen LogP contribution in [0.3, 0.4) is 0 Å². The van der Waals surface area contributed by atoms with Crippen molar-refractivity contribution in [2.75, 3.05) is 6.54 Å². The van der Waals surface area contributed by atoms with Crippen LogP contribution >= 0.6 is 0 Å². The van der Waals surface area contributed by atoms with Gasteiger partial charge in [0.05, 0.1) is 11.9 Å². The quantitative estimate of drug-likeness (QED) is 0.0752.